The Bertz CT molecular complexity index is 314. The molecule has 0 saturated heterocycles. The maximum absolute atomic E-state index is 10.1. The van der Waals surface area contributed by atoms with Crippen molar-refractivity contribution >= 4 is 5.97 Å². The van der Waals surface area contributed by atoms with Crippen LogP contribution in [-0.2, 0) is 11.3 Å². The molecule has 66 valence electrons. The molecule has 1 aromatic rings. The molecule has 0 aliphatic rings. The van der Waals surface area contributed by atoms with Gasteiger partial charge in [-0.2, -0.15) is 0 Å². The van der Waals surface area contributed by atoms with E-state index in [1.165, 1.54) is 10.9 Å². The van der Waals surface area contributed by atoms with Crippen LogP contribution in [0.2, 0.25) is 0 Å². The molecule has 1 heterocycles. The van der Waals surface area contributed by atoms with E-state index in [4.69, 9.17) is 10.5 Å². The number of carboxylic acid groups (broad SMARTS) is 1. The second kappa shape index (κ2) is 3.70. The second-order valence-corrected chi connectivity index (χ2v) is 2.33. The van der Waals surface area contributed by atoms with Crippen molar-refractivity contribution in [2.24, 2.45) is 0 Å². The highest BCUT2D eigenvalue weighted by atomic mass is 16.5. The molecular formula is C6H9N3O3. The van der Waals surface area contributed by atoms with Gasteiger partial charge in [-0.3, -0.25) is 15.5 Å². The first kappa shape index (κ1) is 8.51. The summed E-state index contributed by atoms with van der Waals surface area (Å²) in [4.78, 5) is 10.1. The molecule has 0 aliphatic carbocycles. The Morgan fingerprint density at radius 3 is 3.08 bits per heavy atom. The van der Waals surface area contributed by atoms with Gasteiger partial charge in [-0.15, -0.1) is 0 Å². The molecule has 6 nitrogen and oxygen atoms in total. The van der Waals surface area contributed by atoms with Crippen LogP contribution in [0.5, 0.6) is 0 Å². The summed E-state index contributed by atoms with van der Waals surface area (Å²) >= 11 is 0. The maximum Gasteiger partial charge on any atom is 0.303 e. The third kappa shape index (κ3) is 2.57. The van der Waals surface area contributed by atoms with Crippen molar-refractivity contribution in [1.29, 1.82) is 5.41 Å². The van der Waals surface area contributed by atoms with E-state index in [9.17, 15) is 4.79 Å². The molecule has 0 aliphatic heterocycles. The van der Waals surface area contributed by atoms with Crippen LogP contribution in [0.25, 0.3) is 0 Å². The number of aryl methyl sites for hydroxylation is 1. The molecular weight excluding hydrogens is 162 g/mol. The lowest BCUT2D eigenvalue weighted by Crippen LogP contribution is -2.37. The fourth-order valence-electron chi connectivity index (χ4n) is 0.777. The molecule has 0 radical (unpaired) electrons. The first-order valence-electron chi connectivity index (χ1n) is 3.48. The van der Waals surface area contributed by atoms with E-state index in [0.717, 1.165) is 0 Å². The topological polar surface area (TPSA) is 92.3 Å². The first-order chi connectivity index (χ1) is 5.68. The minimum Gasteiger partial charge on any atom is -0.487 e. The summed E-state index contributed by atoms with van der Waals surface area (Å²) in [6, 6.07) is 0. The Labute approximate surface area is 67.9 Å². The van der Waals surface area contributed by atoms with E-state index in [1.54, 1.807) is 0 Å². The highest BCUT2D eigenvalue weighted by molar-refractivity contribution is 5.66. The summed E-state index contributed by atoms with van der Waals surface area (Å²) in [7, 11) is 0. The zero-order valence-corrected chi connectivity index (χ0v) is 6.36. The molecule has 0 saturated carbocycles. The number of nitrogens with zero attached hydrogens (tertiary/aromatic N) is 2. The van der Waals surface area contributed by atoms with Gasteiger partial charge in [-0.1, -0.05) is 0 Å². The van der Waals surface area contributed by atoms with Gasteiger partial charge in [0.05, 0.1) is 6.42 Å². The lowest BCUT2D eigenvalue weighted by Gasteiger charge is -1.94. The number of aliphatic carboxylic acids is 1. The molecule has 0 unspecified atom stereocenters. The van der Waals surface area contributed by atoms with E-state index >= 15 is 0 Å². The van der Waals surface area contributed by atoms with Gasteiger partial charge in [0.15, 0.2) is 0 Å². The van der Waals surface area contributed by atoms with Gasteiger partial charge in [0, 0.05) is 6.42 Å². The fraction of sp³-hybridized carbons (Fsp3) is 0.500. The van der Waals surface area contributed by atoms with E-state index < -0.39 is 5.97 Å². The van der Waals surface area contributed by atoms with Crippen molar-refractivity contribution in [2.75, 3.05) is 0 Å². The standard InChI is InChI=1S/C6H9N3O3/c7-5-4-9(8-12-5)3-1-2-6(10)11/h4,7H,1-3H2,(H,10,11). The Kier molecular flexibility index (Phi) is 2.62. The second-order valence-electron chi connectivity index (χ2n) is 2.33. The molecule has 0 bridgehead atoms. The summed E-state index contributed by atoms with van der Waals surface area (Å²) in [5.41, 5.74) is -0.0228. The molecule has 0 atom stereocenters. The zero-order chi connectivity index (χ0) is 8.97. The fourth-order valence-corrected chi connectivity index (χ4v) is 0.777. The van der Waals surface area contributed by atoms with E-state index in [2.05, 4.69) is 9.79 Å². The van der Waals surface area contributed by atoms with Gasteiger partial charge >= 0.3 is 5.97 Å². The van der Waals surface area contributed by atoms with Crippen LogP contribution in [-0.4, -0.2) is 11.1 Å². The van der Waals surface area contributed by atoms with Crippen LogP contribution >= 0.6 is 0 Å². The van der Waals surface area contributed by atoms with Crippen molar-refractivity contribution in [2.45, 2.75) is 19.4 Å². The number of carbonyl (C=O) groups is 1. The highest BCUT2D eigenvalue weighted by Crippen LogP contribution is 1.86. The summed E-state index contributed by atoms with van der Waals surface area (Å²) in [5, 5.41) is 18.7. The SMILES string of the molecule is N=c1c[n+](CCCC(=O)O)[n-]o1. The van der Waals surface area contributed by atoms with Crippen LogP contribution in [0.4, 0.5) is 0 Å². The normalized spacial score (nSPS) is 10.0. The predicted molar refractivity (Wildman–Crippen MR) is 34.9 cm³/mol. The molecule has 2 N–H and O–H groups in total. The molecule has 1 aromatic heterocycles. The maximum atomic E-state index is 10.1. The Hall–Kier alpha value is -1.59. The summed E-state index contributed by atoms with van der Waals surface area (Å²) in [6.07, 6.45) is 2.00. The average Bonchev–Trinajstić information content (AvgIpc) is 2.35. The number of hydrogen-bond acceptors (Lipinski definition) is 3. The summed E-state index contributed by atoms with van der Waals surface area (Å²) in [6.45, 7) is 0.467. The Morgan fingerprint density at radius 1 is 1.83 bits per heavy atom. The third-order valence-corrected chi connectivity index (χ3v) is 1.29. The van der Waals surface area contributed by atoms with Crippen molar-refractivity contribution in [3.05, 3.63) is 11.8 Å². The highest BCUT2D eigenvalue weighted by Gasteiger charge is 2.00. The molecule has 12 heavy (non-hydrogen) atoms. The predicted octanol–water partition coefficient (Wildman–Crippen LogP) is -1.13. The van der Waals surface area contributed by atoms with Crippen molar-refractivity contribution in [3.8, 4) is 0 Å². The van der Waals surface area contributed by atoms with E-state index in [1.807, 2.05) is 0 Å². The monoisotopic (exact) mass is 171 g/mol. The molecule has 0 fully saturated rings. The third-order valence-electron chi connectivity index (χ3n) is 1.29. The molecule has 0 amide bonds. The quantitative estimate of drug-likeness (QED) is 0.560. The smallest absolute Gasteiger partial charge is 0.303 e. The van der Waals surface area contributed by atoms with Crippen molar-refractivity contribution in [1.82, 2.24) is 5.27 Å². The number of rotatable bonds is 4. The van der Waals surface area contributed by atoms with E-state index in [0.29, 0.717) is 13.0 Å². The van der Waals surface area contributed by atoms with Gasteiger partial charge in [-0.25, -0.2) is 4.68 Å². The minimum atomic E-state index is -0.829. The van der Waals surface area contributed by atoms with Crippen LogP contribution in [0, 0.1) is 5.41 Å². The lowest BCUT2D eigenvalue weighted by molar-refractivity contribution is -0.767. The number of carboxylic acids is 1. The molecule has 1 rings (SSSR count). The molecule has 0 aromatic carbocycles. The minimum absolute atomic E-state index is 0.0228. The summed E-state index contributed by atoms with van der Waals surface area (Å²) in [5.74, 6) is -0.829. The Morgan fingerprint density at radius 2 is 2.58 bits per heavy atom. The van der Waals surface area contributed by atoms with Gasteiger partial charge in [0.25, 0.3) is 5.55 Å². The molecule has 6 heteroatoms. The van der Waals surface area contributed by atoms with Crippen molar-refractivity contribution in [3.63, 3.8) is 0 Å². The van der Waals surface area contributed by atoms with Crippen LogP contribution in [0.1, 0.15) is 12.8 Å². The zero-order valence-electron chi connectivity index (χ0n) is 6.36. The van der Waals surface area contributed by atoms with Crippen LogP contribution in [0.3, 0.4) is 0 Å². The van der Waals surface area contributed by atoms with Crippen molar-refractivity contribution < 1.29 is 19.1 Å². The number of aromatic nitrogens is 2. The number of nitrogens with one attached hydrogen (secondary N) is 1. The molecule has 0 spiro atoms. The number of hydrogen-bond donors (Lipinski definition) is 2. The van der Waals surface area contributed by atoms with Gasteiger partial charge < -0.3 is 9.63 Å². The van der Waals surface area contributed by atoms with Gasteiger partial charge in [-0.05, 0) is 0 Å². The van der Waals surface area contributed by atoms with Crippen LogP contribution < -0.4 is 15.5 Å². The van der Waals surface area contributed by atoms with Crippen LogP contribution in [0.15, 0.2) is 10.7 Å². The lowest BCUT2D eigenvalue weighted by atomic mass is 10.3. The average molecular weight is 171 g/mol. The van der Waals surface area contributed by atoms with E-state index in [-0.39, 0.29) is 12.0 Å². The largest absolute Gasteiger partial charge is 0.487 e. The van der Waals surface area contributed by atoms with Gasteiger partial charge in [0.1, 0.15) is 6.54 Å². The van der Waals surface area contributed by atoms with Gasteiger partial charge in [0.2, 0.25) is 6.20 Å². The Balaban J connectivity index is 2.33. The first-order valence-corrected chi connectivity index (χ1v) is 3.48. The summed E-state index contributed by atoms with van der Waals surface area (Å²) < 4.78 is 5.86.